The van der Waals surface area contributed by atoms with E-state index in [1.54, 1.807) is 6.92 Å². The van der Waals surface area contributed by atoms with E-state index in [1.165, 1.54) is 0 Å². The molecule has 0 radical (unpaired) electrons. The van der Waals surface area contributed by atoms with Crippen LogP contribution in [0.2, 0.25) is 0 Å². The summed E-state index contributed by atoms with van der Waals surface area (Å²) in [6, 6.07) is 24.2. The Balaban J connectivity index is 2.02. The van der Waals surface area contributed by atoms with Crippen LogP contribution in [0.3, 0.4) is 0 Å². The van der Waals surface area contributed by atoms with Crippen LogP contribution in [-0.2, 0) is 0 Å². The average Bonchev–Trinajstić information content (AvgIpc) is 3.07. The fourth-order valence-electron chi connectivity index (χ4n) is 2.91. The van der Waals surface area contributed by atoms with Crippen LogP contribution in [0, 0.1) is 0 Å². The third-order valence-electron chi connectivity index (χ3n) is 4.13. The van der Waals surface area contributed by atoms with Gasteiger partial charge in [-0.15, -0.1) is 0 Å². The molecule has 0 atom stereocenters. The van der Waals surface area contributed by atoms with Crippen LogP contribution in [-0.4, -0.2) is 15.8 Å². The SMILES string of the molecule is CC(=O)c1cc2c(-c3ccccc3)cc(-c3ccccc3)nc2[nH]1. The molecule has 0 aliphatic heterocycles. The van der Waals surface area contributed by atoms with Gasteiger partial charge in [0.25, 0.3) is 0 Å². The minimum absolute atomic E-state index is 0.00766. The number of rotatable bonds is 3. The van der Waals surface area contributed by atoms with Gasteiger partial charge in [0, 0.05) is 17.9 Å². The number of hydrogen-bond acceptors (Lipinski definition) is 2. The third-order valence-corrected chi connectivity index (χ3v) is 4.13. The number of carbonyl (C=O) groups excluding carboxylic acids is 1. The van der Waals surface area contributed by atoms with E-state index in [0.29, 0.717) is 5.69 Å². The summed E-state index contributed by atoms with van der Waals surface area (Å²) in [5, 5.41) is 0.964. The first-order chi connectivity index (χ1) is 11.7. The third kappa shape index (κ3) is 2.50. The van der Waals surface area contributed by atoms with Gasteiger partial charge in [-0.25, -0.2) is 4.98 Å². The minimum atomic E-state index is 0.00766. The standard InChI is InChI=1S/C21H16N2O/c1-14(24)19-13-18-17(15-8-4-2-5-9-15)12-20(23-21(18)22-19)16-10-6-3-7-11-16/h2-13H,1H3,(H,22,23). The Morgan fingerprint density at radius 2 is 1.50 bits per heavy atom. The van der Waals surface area contributed by atoms with E-state index in [1.807, 2.05) is 54.6 Å². The van der Waals surface area contributed by atoms with Gasteiger partial charge in [0.05, 0.1) is 11.4 Å². The maximum Gasteiger partial charge on any atom is 0.176 e. The van der Waals surface area contributed by atoms with Gasteiger partial charge in [0.15, 0.2) is 5.78 Å². The summed E-state index contributed by atoms with van der Waals surface area (Å²) in [6.45, 7) is 1.56. The molecule has 2 aromatic heterocycles. The van der Waals surface area contributed by atoms with Crippen LogP contribution < -0.4 is 0 Å². The number of benzene rings is 2. The summed E-state index contributed by atoms with van der Waals surface area (Å²) >= 11 is 0. The topological polar surface area (TPSA) is 45.8 Å². The van der Waals surface area contributed by atoms with E-state index in [0.717, 1.165) is 33.4 Å². The smallest absolute Gasteiger partial charge is 0.176 e. The lowest BCUT2D eigenvalue weighted by molar-refractivity contribution is 0.101. The maximum absolute atomic E-state index is 11.8. The number of H-pyrrole nitrogens is 1. The second-order valence-corrected chi connectivity index (χ2v) is 5.79. The molecule has 0 bridgehead atoms. The number of Topliss-reactive ketones (excluding diaryl/α,β-unsaturated/α-hetero) is 1. The highest BCUT2D eigenvalue weighted by atomic mass is 16.1. The minimum Gasteiger partial charge on any atom is -0.337 e. The molecule has 1 N–H and O–H groups in total. The lowest BCUT2D eigenvalue weighted by atomic mass is 10.0. The number of aromatic nitrogens is 2. The zero-order valence-corrected chi connectivity index (χ0v) is 13.3. The number of carbonyl (C=O) groups is 1. The zero-order chi connectivity index (χ0) is 16.5. The molecule has 4 aromatic rings. The molecule has 0 aliphatic carbocycles. The van der Waals surface area contributed by atoms with Crippen LogP contribution in [0.1, 0.15) is 17.4 Å². The summed E-state index contributed by atoms with van der Waals surface area (Å²) in [7, 11) is 0. The predicted octanol–water partition coefficient (Wildman–Crippen LogP) is 5.10. The van der Waals surface area contributed by atoms with E-state index >= 15 is 0 Å². The van der Waals surface area contributed by atoms with Gasteiger partial charge < -0.3 is 4.98 Å². The monoisotopic (exact) mass is 312 g/mol. The fraction of sp³-hybridized carbons (Fsp3) is 0.0476. The molecule has 0 saturated heterocycles. The molecule has 24 heavy (non-hydrogen) atoms. The van der Waals surface area contributed by atoms with Gasteiger partial charge in [0.2, 0.25) is 0 Å². The van der Waals surface area contributed by atoms with Crippen molar-refractivity contribution in [2.45, 2.75) is 6.92 Å². The van der Waals surface area contributed by atoms with Gasteiger partial charge in [-0.3, -0.25) is 4.79 Å². The molecule has 0 unspecified atom stereocenters. The number of ketones is 1. The van der Waals surface area contributed by atoms with E-state index in [4.69, 9.17) is 4.98 Å². The second kappa shape index (κ2) is 5.78. The summed E-state index contributed by atoms with van der Waals surface area (Å²) in [6.07, 6.45) is 0. The van der Waals surface area contributed by atoms with Gasteiger partial charge in [0.1, 0.15) is 5.65 Å². The zero-order valence-electron chi connectivity index (χ0n) is 13.3. The van der Waals surface area contributed by atoms with Crippen LogP contribution >= 0.6 is 0 Å². The molecule has 0 amide bonds. The molecule has 0 saturated carbocycles. The van der Waals surface area contributed by atoms with E-state index in [9.17, 15) is 4.79 Å². The maximum atomic E-state index is 11.8. The molecule has 0 spiro atoms. The molecule has 116 valence electrons. The molecule has 3 heteroatoms. The largest absolute Gasteiger partial charge is 0.337 e. The van der Waals surface area contributed by atoms with Gasteiger partial charge in [-0.1, -0.05) is 60.7 Å². The van der Waals surface area contributed by atoms with Crippen molar-refractivity contribution in [1.82, 2.24) is 9.97 Å². The van der Waals surface area contributed by atoms with Crippen molar-refractivity contribution in [2.24, 2.45) is 0 Å². The molecular formula is C21H16N2O. The van der Waals surface area contributed by atoms with Gasteiger partial charge >= 0.3 is 0 Å². The first kappa shape index (κ1) is 14.4. The van der Waals surface area contributed by atoms with Gasteiger partial charge in [-0.05, 0) is 23.3 Å². The first-order valence-electron chi connectivity index (χ1n) is 7.88. The predicted molar refractivity (Wildman–Crippen MR) is 97.0 cm³/mol. The second-order valence-electron chi connectivity index (χ2n) is 5.79. The normalized spacial score (nSPS) is 10.9. The Morgan fingerprint density at radius 1 is 0.875 bits per heavy atom. The highest BCUT2D eigenvalue weighted by Crippen LogP contribution is 2.32. The lowest BCUT2D eigenvalue weighted by Gasteiger charge is -2.07. The van der Waals surface area contributed by atoms with Crippen LogP contribution in [0.25, 0.3) is 33.4 Å². The number of fused-ring (bicyclic) bond motifs is 1. The number of pyridine rings is 1. The van der Waals surface area contributed by atoms with Crippen molar-refractivity contribution in [1.29, 1.82) is 0 Å². The highest BCUT2D eigenvalue weighted by Gasteiger charge is 2.13. The molecule has 0 fully saturated rings. The molecule has 4 rings (SSSR count). The number of nitrogens with zero attached hydrogens (tertiary/aromatic N) is 1. The number of aromatic amines is 1. The summed E-state index contributed by atoms with van der Waals surface area (Å²) in [5.41, 5.74) is 5.44. The van der Waals surface area contributed by atoms with Crippen LogP contribution in [0.15, 0.2) is 72.8 Å². The Kier molecular flexibility index (Phi) is 3.47. The quantitative estimate of drug-likeness (QED) is 0.535. The first-order valence-corrected chi connectivity index (χ1v) is 7.88. The average molecular weight is 312 g/mol. The van der Waals surface area contributed by atoms with E-state index in [-0.39, 0.29) is 5.78 Å². The van der Waals surface area contributed by atoms with Crippen molar-refractivity contribution in [3.63, 3.8) is 0 Å². The Morgan fingerprint density at radius 3 is 2.12 bits per heavy atom. The van der Waals surface area contributed by atoms with Crippen LogP contribution in [0.4, 0.5) is 0 Å². The van der Waals surface area contributed by atoms with Crippen LogP contribution in [0.5, 0.6) is 0 Å². The summed E-state index contributed by atoms with van der Waals surface area (Å²) in [5.74, 6) is 0.00766. The van der Waals surface area contributed by atoms with Crippen molar-refractivity contribution in [3.8, 4) is 22.4 Å². The Labute approximate surface area is 140 Å². The highest BCUT2D eigenvalue weighted by molar-refractivity contribution is 6.02. The van der Waals surface area contributed by atoms with Crippen molar-refractivity contribution >= 4 is 16.8 Å². The van der Waals surface area contributed by atoms with Crippen molar-refractivity contribution in [2.75, 3.05) is 0 Å². The Hall–Kier alpha value is -3.20. The molecule has 2 aromatic carbocycles. The van der Waals surface area contributed by atoms with E-state index < -0.39 is 0 Å². The molecule has 3 nitrogen and oxygen atoms in total. The van der Waals surface area contributed by atoms with Crippen molar-refractivity contribution in [3.05, 3.63) is 78.5 Å². The molecule has 0 aliphatic rings. The molecule has 2 heterocycles. The number of hydrogen-bond donors (Lipinski definition) is 1. The summed E-state index contributed by atoms with van der Waals surface area (Å²) < 4.78 is 0. The van der Waals surface area contributed by atoms with E-state index in [2.05, 4.69) is 23.2 Å². The Bertz CT molecular complexity index is 1020. The fourth-order valence-corrected chi connectivity index (χ4v) is 2.91. The summed E-state index contributed by atoms with van der Waals surface area (Å²) in [4.78, 5) is 19.6. The van der Waals surface area contributed by atoms with Gasteiger partial charge in [-0.2, -0.15) is 0 Å². The van der Waals surface area contributed by atoms with Crippen molar-refractivity contribution < 1.29 is 4.79 Å². The molecular weight excluding hydrogens is 296 g/mol. The number of nitrogens with one attached hydrogen (secondary N) is 1. The lowest BCUT2D eigenvalue weighted by Crippen LogP contribution is -1.91.